The molecule has 0 fully saturated rings. The average Bonchev–Trinajstić information content (AvgIpc) is 3.48. The van der Waals surface area contributed by atoms with Crippen molar-refractivity contribution in [3.8, 4) is 17.2 Å². The fraction of sp³-hybridized carbons (Fsp3) is 0.400. The second-order valence-corrected chi connectivity index (χ2v) is 11.3. The van der Waals surface area contributed by atoms with Crippen LogP contribution in [0.1, 0.15) is 11.7 Å². The molecular formula is C25H27N3O7S. The monoisotopic (exact) mass is 513 g/mol. The van der Waals surface area contributed by atoms with Gasteiger partial charge in [-0.1, -0.05) is 6.07 Å². The molecule has 4 heterocycles. The smallest absolute Gasteiger partial charge is 0.256 e. The summed E-state index contributed by atoms with van der Waals surface area (Å²) in [4.78, 5) is 16.9. The number of benzene rings is 2. The number of aliphatic hydroxyl groups is 1. The normalized spacial score (nSPS) is 20.2. The van der Waals surface area contributed by atoms with Gasteiger partial charge < -0.3 is 29.1 Å². The quantitative estimate of drug-likeness (QED) is 0.607. The largest absolute Gasteiger partial charge is 0.490 e. The maximum atomic E-state index is 13.3. The van der Waals surface area contributed by atoms with E-state index in [9.17, 15) is 18.3 Å². The fourth-order valence-corrected chi connectivity index (χ4v) is 6.50. The number of amides is 1. The Kier molecular flexibility index (Phi) is 5.58. The Morgan fingerprint density at radius 1 is 0.889 bits per heavy atom. The highest BCUT2D eigenvalue weighted by Crippen LogP contribution is 2.37. The van der Waals surface area contributed by atoms with Crippen molar-refractivity contribution in [2.24, 2.45) is 0 Å². The van der Waals surface area contributed by atoms with Crippen molar-refractivity contribution in [2.45, 2.75) is 11.0 Å². The highest BCUT2D eigenvalue weighted by molar-refractivity contribution is 7.89. The minimum atomic E-state index is -3.74. The first kappa shape index (κ1) is 23.1. The molecule has 4 aliphatic rings. The van der Waals surface area contributed by atoms with Crippen molar-refractivity contribution in [1.82, 2.24) is 9.21 Å². The lowest BCUT2D eigenvalue weighted by atomic mass is 10.1. The number of anilines is 1. The van der Waals surface area contributed by atoms with Crippen molar-refractivity contribution in [3.63, 3.8) is 0 Å². The molecule has 190 valence electrons. The maximum Gasteiger partial charge on any atom is 0.256 e. The van der Waals surface area contributed by atoms with Gasteiger partial charge in [-0.25, -0.2) is 8.42 Å². The molecule has 1 N–H and O–H groups in total. The van der Waals surface area contributed by atoms with E-state index in [1.54, 1.807) is 29.2 Å². The molecule has 0 unspecified atom stereocenters. The van der Waals surface area contributed by atoms with Crippen LogP contribution in [0.2, 0.25) is 0 Å². The number of sulfonamides is 1. The second-order valence-electron chi connectivity index (χ2n) is 9.38. The van der Waals surface area contributed by atoms with Crippen LogP contribution in [0.25, 0.3) is 0 Å². The van der Waals surface area contributed by atoms with Gasteiger partial charge >= 0.3 is 0 Å². The van der Waals surface area contributed by atoms with Gasteiger partial charge in [0.05, 0.1) is 17.1 Å². The number of carbonyl (C=O) groups is 1. The van der Waals surface area contributed by atoms with Gasteiger partial charge in [-0.05, 0) is 41.0 Å². The van der Waals surface area contributed by atoms with Crippen molar-refractivity contribution in [1.29, 1.82) is 0 Å². The lowest BCUT2D eigenvalue weighted by molar-refractivity contribution is -0.139. The summed E-state index contributed by atoms with van der Waals surface area (Å²) in [5.74, 6) is 1.29. The minimum Gasteiger partial charge on any atom is -0.490 e. The van der Waals surface area contributed by atoms with E-state index in [2.05, 4.69) is 0 Å². The number of aliphatic hydroxyl groups excluding tert-OH is 1. The number of nitrogens with zero attached hydrogens (tertiary/aromatic N) is 3. The van der Waals surface area contributed by atoms with Gasteiger partial charge in [0.1, 0.15) is 25.6 Å². The highest BCUT2D eigenvalue weighted by Gasteiger charge is 2.39. The number of ether oxygens (including phenoxy) is 3. The van der Waals surface area contributed by atoms with E-state index in [0.717, 1.165) is 29.1 Å². The number of likely N-dealkylation sites (N-methyl/N-ethyl adjacent to an activating group) is 1. The molecule has 6 rings (SSSR count). The molecule has 0 saturated carbocycles. The van der Waals surface area contributed by atoms with Crippen molar-refractivity contribution >= 4 is 21.6 Å². The third-order valence-electron chi connectivity index (χ3n) is 7.09. The molecule has 0 aliphatic carbocycles. The number of hydrogen-bond acceptors (Lipinski definition) is 8. The number of rotatable bonds is 4. The molecule has 4 aliphatic heterocycles. The van der Waals surface area contributed by atoms with Gasteiger partial charge in [-0.2, -0.15) is 4.31 Å². The summed E-state index contributed by atoms with van der Waals surface area (Å²) in [5.41, 5.74) is 3.14. The molecular weight excluding hydrogens is 486 g/mol. The molecule has 2 aromatic carbocycles. The van der Waals surface area contributed by atoms with Gasteiger partial charge in [0.25, 0.3) is 5.91 Å². The summed E-state index contributed by atoms with van der Waals surface area (Å²) in [6.45, 7) is 3.16. The lowest BCUT2D eigenvalue weighted by Crippen LogP contribution is -2.38. The fourth-order valence-electron chi connectivity index (χ4n) is 5.06. The number of fused-ring (bicyclic) bond motifs is 2. The Morgan fingerprint density at radius 3 is 2.31 bits per heavy atom. The van der Waals surface area contributed by atoms with E-state index in [1.165, 1.54) is 16.4 Å². The SMILES string of the molecule is CN1CCOc2ccc([C@@H](O)C(=O)N3CC4=C(C3)CN(S(=O)(=O)c3ccc5c(c3)OCCO5)C4)cc21. The lowest BCUT2D eigenvalue weighted by Gasteiger charge is -2.29. The van der Waals surface area contributed by atoms with E-state index in [4.69, 9.17) is 14.2 Å². The van der Waals surface area contributed by atoms with E-state index in [-0.39, 0.29) is 18.0 Å². The molecule has 0 aromatic heterocycles. The Bertz CT molecular complexity index is 1360. The van der Waals surface area contributed by atoms with Crippen molar-refractivity contribution in [2.75, 3.05) is 64.5 Å². The summed E-state index contributed by atoms with van der Waals surface area (Å²) in [5, 5.41) is 10.8. The topological polar surface area (TPSA) is 109 Å². The molecule has 1 atom stereocenters. The van der Waals surface area contributed by atoms with Crippen LogP contribution in [0, 0.1) is 0 Å². The van der Waals surface area contributed by atoms with Gasteiger partial charge in [-0.3, -0.25) is 4.79 Å². The van der Waals surface area contributed by atoms with E-state index in [1.807, 2.05) is 11.9 Å². The summed E-state index contributed by atoms with van der Waals surface area (Å²) in [6.07, 6.45) is -1.30. The van der Waals surface area contributed by atoms with E-state index >= 15 is 0 Å². The molecule has 0 saturated heterocycles. The summed E-state index contributed by atoms with van der Waals surface area (Å²) in [7, 11) is -1.80. The molecule has 0 spiro atoms. The first-order valence-electron chi connectivity index (χ1n) is 11.9. The third-order valence-corrected chi connectivity index (χ3v) is 8.88. The van der Waals surface area contributed by atoms with Crippen molar-refractivity contribution in [3.05, 3.63) is 53.1 Å². The number of carbonyl (C=O) groups excluding carboxylic acids is 1. The Morgan fingerprint density at radius 2 is 1.56 bits per heavy atom. The summed E-state index contributed by atoms with van der Waals surface area (Å²) >= 11 is 0. The van der Waals surface area contributed by atoms with Crippen LogP contribution in [-0.2, 0) is 14.8 Å². The zero-order valence-corrected chi connectivity index (χ0v) is 20.7. The first-order chi connectivity index (χ1) is 17.3. The molecule has 0 radical (unpaired) electrons. The predicted octanol–water partition coefficient (Wildman–Crippen LogP) is 1.16. The van der Waals surface area contributed by atoms with Crippen LogP contribution in [0.4, 0.5) is 5.69 Å². The molecule has 2 aromatic rings. The Labute approximate surface area is 209 Å². The van der Waals surface area contributed by atoms with Crippen LogP contribution < -0.4 is 19.1 Å². The van der Waals surface area contributed by atoms with E-state index in [0.29, 0.717) is 50.0 Å². The second kappa shape index (κ2) is 8.68. The summed E-state index contributed by atoms with van der Waals surface area (Å²) in [6, 6.07) is 9.92. The van der Waals surface area contributed by atoms with Gasteiger partial charge in [-0.15, -0.1) is 0 Å². The first-order valence-corrected chi connectivity index (χ1v) is 13.3. The van der Waals surface area contributed by atoms with Gasteiger partial charge in [0.15, 0.2) is 17.6 Å². The zero-order valence-electron chi connectivity index (χ0n) is 19.8. The third kappa shape index (κ3) is 3.87. The van der Waals surface area contributed by atoms with Gasteiger partial charge in [0, 0.05) is 39.3 Å². The number of hydrogen-bond donors (Lipinski definition) is 1. The zero-order chi connectivity index (χ0) is 25.0. The Hall–Kier alpha value is -3.28. The standard InChI is InChI=1S/C25H27N3O7S/c1-26-6-7-33-21-4-2-16(10-20(21)26)24(29)25(30)27-12-17-14-28(15-18(17)13-27)36(31,32)19-3-5-22-23(11-19)35-9-8-34-22/h2-5,10-11,24,29H,6-9,12-15H2,1H3/t24-/m1/s1. The molecule has 36 heavy (non-hydrogen) atoms. The Balaban J connectivity index is 1.12. The van der Waals surface area contributed by atoms with Crippen LogP contribution in [0.3, 0.4) is 0 Å². The molecule has 11 heteroatoms. The molecule has 10 nitrogen and oxygen atoms in total. The predicted molar refractivity (Wildman–Crippen MR) is 130 cm³/mol. The van der Waals surface area contributed by atoms with Crippen LogP contribution in [0.5, 0.6) is 17.2 Å². The maximum absolute atomic E-state index is 13.3. The molecule has 0 bridgehead atoms. The van der Waals surface area contributed by atoms with Crippen LogP contribution in [-0.4, -0.2) is 88.2 Å². The average molecular weight is 514 g/mol. The highest BCUT2D eigenvalue weighted by atomic mass is 32.2. The molecule has 1 amide bonds. The van der Waals surface area contributed by atoms with Crippen LogP contribution in [0.15, 0.2) is 52.4 Å². The van der Waals surface area contributed by atoms with E-state index < -0.39 is 22.0 Å². The van der Waals surface area contributed by atoms with Gasteiger partial charge in [0.2, 0.25) is 10.0 Å². The van der Waals surface area contributed by atoms with Crippen LogP contribution >= 0.6 is 0 Å². The summed E-state index contributed by atoms with van der Waals surface area (Å²) < 4.78 is 44.6. The minimum absolute atomic E-state index is 0.151. The van der Waals surface area contributed by atoms with Crippen molar-refractivity contribution < 1.29 is 32.5 Å².